The van der Waals surface area contributed by atoms with Gasteiger partial charge in [0.2, 0.25) is 29.5 Å². The number of anilines is 1. The van der Waals surface area contributed by atoms with Gasteiger partial charge in [-0.05, 0) is 57.5 Å². The number of hydrogen-bond donors (Lipinski definition) is 6. The summed E-state index contributed by atoms with van der Waals surface area (Å²) in [5.74, 6) is -4.44. The number of nitrogens with zero attached hydrogens (tertiary/aromatic N) is 1. The molecule has 0 spiro atoms. The van der Waals surface area contributed by atoms with E-state index in [1.165, 1.54) is 17.5 Å². The molecule has 1 unspecified atom stereocenters. The third-order valence-electron chi connectivity index (χ3n) is 9.20. The highest BCUT2D eigenvalue weighted by atomic mass is 32.1. The van der Waals surface area contributed by atoms with E-state index in [9.17, 15) is 33.9 Å². The Balaban J connectivity index is 1.34. The fourth-order valence-electron chi connectivity index (χ4n) is 6.24. The molecule has 4 atom stereocenters. The number of aromatic nitrogens is 1. The number of fused-ring (bicyclic) bond motifs is 18. The van der Waals surface area contributed by atoms with Gasteiger partial charge >= 0.3 is 5.97 Å². The quantitative estimate of drug-likeness (QED) is 0.134. The van der Waals surface area contributed by atoms with Crippen LogP contribution in [0.15, 0.2) is 121 Å². The lowest BCUT2D eigenvalue weighted by atomic mass is 9.99. The number of carbonyl (C=O) groups excluding carboxylic acids is 5. The molecule has 2 aliphatic rings. The zero-order chi connectivity index (χ0) is 39.4. The Morgan fingerprint density at radius 2 is 1.32 bits per heavy atom. The molecule has 4 heterocycles. The summed E-state index contributed by atoms with van der Waals surface area (Å²) in [6.07, 6.45) is 2.58. The van der Waals surface area contributed by atoms with Gasteiger partial charge in [-0.2, -0.15) is 0 Å². The summed E-state index contributed by atoms with van der Waals surface area (Å²) in [7, 11) is 0. The van der Waals surface area contributed by atoms with E-state index in [0.29, 0.717) is 27.3 Å². The zero-order valence-electron chi connectivity index (χ0n) is 30.1. The maximum Gasteiger partial charge on any atom is 0.326 e. The first-order valence-corrected chi connectivity index (χ1v) is 18.9. The molecule has 0 saturated carbocycles. The van der Waals surface area contributed by atoms with Crippen molar-refractivity contribution >= 4 is 52.5 Å². The molecular weight excluding hydrogens is 733 g/mol. The molecule has 2 aromatic heterocycles. The Labute approximate surface area is 327 Å². The van der Waals surface area contributed by atoms with Gasteiger partial charge < -0.3 is 31.7 Å². The van der Waals surface area contributed by atoms with Crippen molar-refractivity contribution in [2.24, 2.45) is 0 Å². The maximum atomic E-state index is 14.3. The maximum absolute atomic E-state index is 14.3. The van der Waals surface area contributed by atoms with Crippen LogP contribution in [0.3, 0.4) is 0 Å². The third kappa shape index (κ3) is 10.7. The van der Waals surface area contributed by atoms with Crippen molar-refractivity contribution in [1.29, 1.82) is 0 Å². The number of nitrogens with one attached hydrogen (secondary N) is 5. The number of benzene rings is 3. The van der Waals surface area contributed by atoms with Crippen molar-refractivity contribution in [3.8, 4) is 11.1 Å². The standard InChI is InChI=1S/C42H40N6O7S/c49-36-18-19-37(50)48-38(35-9-5-21-56-35)41(53)46-32(22-26-10-14-30(15-11-26)29-7-2-1-3-8-29)39(51)45-33(24-28-6-4-20-43-25-28)40(52)47-34(42(54)55)23-27-12-16-31(44-36)17-13-27/h1-17,20-21,25,32-34,38H,18-19,22-24H2,(H,44,49)(H,45,51)(H,46,53)(H,47,52)(H,48,50)(H,54,55)/t32-,33+,34-,38?/m0/s1. The highest BCUT2D eigenvalue weighted by Crippen LogP contribution is 2.22. The van der Waals surface area contributed by atoms with Crippen molar-refractivity contribution in [1.82, 2.24) is 26.3 Å². The second-order valence-electron chi connectivity index (χ2n) is 13.3. The predicted octanol–water partition coefficient (Wildman–Crippen LogP) is 3.97. The number of amides is 5. The minimum Gasteiger partial charge on any atom is -0.480 e. The fourth-order valence-corrected chi connectivity index (χ4v) is 7.01. The van der Waals surface area contributed by atoms with Crippen LogP contribution in [0.2, 0.25) is 0 Å². The smallest absolute Gasteiger partial charge is 0.326 e. The van der Waals surface area contributed by atoms with Crippen LogP contribution < -0.4 is 26.6 Å². The van der Waals surface area contributed by atoms with Crippen LogP contribution in [0.1, 0.15) is 40.5 Å². The summed E-state index contributed by atoms with van der Waals surface area (Å²) in [5, 5.41) is 25.5. The average molecular weight is 773 g/mol. The first kappa shape index (κ1) is 39.0. The largest absolute Gasteiger partial charge is 0.480 e. The van der Waals surface area contributed by atoms with Crippen LogP contribution in [-0.4, -0.2) is 63.7 Å². The summed E-state index contributed by atoms with van der Waals surface area (Å²) in [4.78, 5) is 85.4. The Hall–Kier alpha value is -6.67. The van der Waals surface area contributed by atoms with Crippen LogP contribution in [-0.2, 0) is 48.0 Å². The molecule has 286 valence electrons. The molecule has 2 bridgehead atoms. The minimum absolute atomic E-state index is 0.00667. The molecule has 7 rings (SSSR count). The lowest BCUT2D eigenvalue weighted by molar-refractivity contribution is -0.142. The number of carboxylic acids is 1. The molecule has 13 nitrogen and oxygen atoms in total. The summed E-state index contributed by atoms with van der Waals surface area (Å²) >= 11 is 1.23. The summed E-state index contributed by atoms with van der Waals surface area (Å²) < 4.78 is 0. The monoisotopic (exact) mass is 772 g/mol. The van der Waals surface area contributed by atoms with Gasteiger partial charge in [-0.3, -0.25) is 29.0 Å². The summed E-state index contributed by atoms with van der Waals surface area (Å²) in [6.45, 7) is 0. The second-order valence-corrected chi connectivity index (χ2v) is 14.3. The lowest BCUT2D eigenvalue weighted by Gasteiger charge is -2.26. The van der Waals surface area contributed by atoms with Gasteiger partial charge in [-0.15, -0.1) is 11.3 Å². The Kier molecular flexibility index (Phi) is 13.0. The molecule has 14 heteroatoms. The number of rotatable bonds is 7. The number of pyridine rings is 1. The van der Waals surface area contributed by atoms with Crippen molar-refractivity contribution in [2.75, 3.05) is 5.32 Å². The average Bonchev–Trinajstić information content (AvgIpc) is 3.74. The van der Waals surface area contributed by atoms with Crippen LogP contribution in [0, 0.1) is 0 Å². The van der Waals surface area contributed by atoms with E-state index in [-0.39, 0.29) is 32.1 Å². The van der Waals surface area contributed by atoms with Gasteiger partial charge in [-0.1, -0.05) is 78.9 Å². The molecule has 56 heavy (non-hydrogen) atoms. The van der Waals surface area contributed by atoms with E-state index < -0.39 is 59.7 Å². The predicted molar refractivity (Wildman–Crippen MR) is 210 cm³/mol. The Morgan fingerprint density at radius 1 is 0.661 bits per heavy atom. The first-order chi connectivity index (χ1) is 27.1. The van der Waals surface area contributed by atoms with Gasteiger partial charge in [-0.25, -0.2) is 4.79 Å². The molecule has 0 aliphatic carbocycles. The van der Waals surface area contributed by atoms with Gasteiger partial charge in [0.05, 0.1) is 0 Å². The highest BCUT2D eigenvalue weighted by Gasteiger charge is 2.33. The molecule has 5 aromatic rings. The van der Waals surface area contributed by atoms with Crippen LogP contribution in [0.5, 0.6) is 0 Å². The van der Waals surface area contributed by atoms with Gasteiger partial charge in [0.15, 0.2) is 0 Å². The van der Waals surface area contributed by atoms with E-state index in [1.54, 1.807) is 60.1 Å². The van der Waals surface area contributed by atoms with E-state index in [2.05, 4.69) is 31.6 Å². The molecule has 6 N–H and O–H groups in total. The Bertz CT molecular complexity index is 2150. The second kappa shape index (κ2) is 18.6. The van der Waals surface area contributed by atoms with Gasteiger partial charge in [0.1, 0.15) is 24.2 Å². The molecular formula is C42H40N6O7S. The normalized spacial score (nSPS) is 20.0. The molecule has 5 amide bonds. The first-order valence-electron chi connectivity index (χ1n) is 18.0. The fraction of sp³-hybridized carbons (Fsp3) is 0.214. The molecule has 0 fully saturated rings. The van der Waals surface area contributed by atoms with Crippen molar-refractivity contribution in [3.05, 3.63) is 142 Å². The van der Waals surface area contributed by atoms with E-state index in [0.717, 1.165) is 11.1 Å². The van der Waals surface area contributed by atoms with Crippen LogP contribution in [0.4, 0.5) is 5.69 Å². The van der Waals surface area contributed by atoms with Gasteiger partial charge in [0.25, 0.3) is 0 Å². The van der Waals surface area contributed by atoms with Crippen molar-refractivity contribution < 1.29 is 33.9 Å². The summed E-state index contributed by atoms with van der Waals surface area (Å²) in [6, 6.07) is 25.4. The van der Waals surface area contributed by atoms with Crippen LogP contribution >= 0.6 is 11.3 Å². The SMILES string of the molecule is O=C1CCC(=O)NC(c2cccs2)C(=O)N[C@@H](Cc2ccc(-c3ccccc3)cc2)C(=O)N[C@H](Cc2cccnc2)C(=O)N[C@H](C(=O)O)Cc2ccc(cc2)N1. The van der Waals surface area contributed by atoms with Gasteiger partial charge in [0, 0.05) is 55.1 Å². The Morgan fingerprint density at radius 3 is 1.98 bits per heavy atom. The molecule has 3 aromatic carbocycles. The lowest BCUT2D eigenvalue weighted by Crippen LogP contribution is -2.58. The van der Waals surface area contributed by atoms with Crippen LogP contribution in [0.25, 0.3) is 11.1 Å². The third-order valence-corrected chi connectivity index (χ3v) is 10.1. The molecule has 0 saturated heterocycles. The number of hydrogen-bond acceptors (Lipinski definition) is 8. The number of aliphatic carboxylic acids is 1. The van der Waals surface area contributed by atoms with Crippen molar-refractivity contribution in [2.45, 2.75) is 56.3 Å². The number of thiophene rings is 1. The number of carboxylic acid groups (broad SMARTS) is 1. The molecule has 2 aliphatic heterocycles. The molecule has 0 radical (unpaired) electrons. The van der Waals surface area contributed by atoms with E-state index in [4.69, 9.17) is 0 Å². The topological polar surface area (TPSA) is 196 Å². The highest BCUT2D eigenvalue weighted by molar-refractivity contribution is 7.10. The van der Waals surface area contributed by atoms with E-state index in [1.807, 2.05) is 54.6 Å². The van der Waals surface area contributed by atoms with Crippen molar-refractivity contribution in [3.63, 3.8) is 0 Å². The minimum atomic E-state index is -1.37. The number of carbonyl (C=O) groups is 6. The zero-order valence-corrected chi connectivity index (χ0v) is 31.0. The van der Waals surface area contributed by atoms with E-state index >= 15 is 0 Å². The summed E-state index contributed by atoms with van der Waals surface area (Å²) in [5.41, 5.74) is 4.23.